The van der Waals surface area contributed by atoms with E-state index in [1.807, 2.05) is 13.8 Å². The predicted octanol–water partition coefficient (Wildman–Crippen LogP) is 5.16. The van der Waals surface area contributed by atoms with Gasteiger partial charge in [-0.05, 0) is 91.7 Å². The number of aliphatic carboxylic acids is 1. The summed E-state index contributed by atoms with van der Waals surface area (Å²) in [6, 6.07) is 9.36. The Balaban J connectivity index is 0.00000676. The summed E-state index contributed by atoms with van der Waals surface area (Å²) in [6.45, 7) is 10.8. The summed E-state index contributed by atoms with van der Waals surface area (Å²) in [7, 11) is 0. The van der Waals surface area contributed by atoms with Crippen molar-refractivity contribution >= 4 is 29.3 Å². The van der Waals surface area contributed by atoms with Gasteiger partial charge in [0.15, 0.2) is 5.60 Å². The Hall–Kier alpha value is -1.42. The van der Waals surface area contributed by atoms with Gasteiger partial charge in [-0.3, -0.25) is 9.59 Å². The summed E-state index contributed by atoms with van der Waals surface area (Å²) >= 11 is 5.88. The number of fused-ring (bicyclic) bond motifs is 1. The van der Waals surface area contributed by atoms with Crippen LogP contribution in [0.15, 0.2) is 30.3 Å². The van der Waals surface area contributed by atoms with Crippen LogP contribution in [0.1, 0.15) is 138 Å². The van der Waals surface area contributed by atoms with Crippen LogP contribution in [0.25, 0.3) is 0 Å². The number of ketones is 1. The quantitative estimate of drug-likeness (QED) is 0.119. The Bertz CT molecular complexity index is 1420. The summed E-state index contributed by atoms with van der Waals surface area (Å²) in [6.07, 6.45) is 11.5. The molecule has 0 saturated heterocycles. The molecule has 9 heteroatoms. The van der Waals surface area contributed by atoms with Crippen LogP contribution >= 0.6 is 11.6 Å². The Morgan fingerprint density at radius 3 is 2.18 bits per heavy atom. The van der Waals surface area contributed by atoms with E-state index in [2.05, 4.69) is 26.8 Å². The van der Waals surface area contributed by atoms with E-state index in [-0.39, 0.29) is 88.0 Å². The number of carbonyl (C=O) groups excluding carboxylic acids is 3. The van der Waals surface area contributed by atoms with Crippen LogP contribution in [0, 0.1) is 11.8 Å². The number of halogens is 1. The molecule has 2 aromatic carbocycles. The second-order valence-electron chi connectivity index (χ2n) is 14.3. The summed E-state index contributed by atoms with van der Waals surface area (Å²) in [5, 5.41) is 9.97. The van der Waals surface area contributed by atoms with Gasteiger partial charge in [-0.1, -0.05) is 91.3 Å². The monoisotopic (exact) mass is 734 g/mol. The molecule has 1 fully saturated rings. The zero-order valence-electron chi connectivity index (χ0n) is 31.2. The average molecular weight is 735 g/mol. The van der Waals surface area contributed by atoms with Gasteiger partial charge in [-0.25, -0.2) is 0 Å². The summed E-state index contributed by atoms with van der Waals surface area (Å²) in [4.78, 5) is 39.8. The minimum atomic E-state index is -1.31. The van der Waals surface area contributed by atoms with E-state index in [1.54, 1.807) is 24.3 Å². The molecule has 3 unspecified atom stereocenters. The summed E-state index contributed by atoms with van der Waals surface area (Å²) < 4.78 is 19.8. The number of aryl methyl sites for hydroxylation is 2. The number of hydrogen-bond donors (Lipinski definition) is 0. The predicted molar refractivity (Wildman–Crippen MR) is 192 cm³/mol. The van der Waals surface area contributed by atoms with Gasteiger partial charge < -0.3 is 24.1 Å². The second-order valence-corrected chi connectivity index (χ2v) is 14.8. The first kappa shape index (κ1) is 43.0. The van der Waals surface area contributed by atoms with E-state index < -0.39 is 23.1 Å². The van der Waals surface area contributed by atoms with Crippen molar-refractivity contribution in [1.82, 2.24) is 0 Å². The molecule has 0 bridgehead atoms. The Morgan fingerprint density at radius 2 is 1.60 bits per heavy atom. The molecule has 2 aliphatic rings. The third-order valence-electron chi connectivity index (χ3n) is 10.4. The molecule has 3 atom stereocenters. The maximum atomic E-state index is 15.0. The molecule has 270 valence electrons. The van der Waals surface area contributed by atoms with Gasteiger partial charge >= 0.3 is 57.4 Å². The molecule has 1 aliphatic heterocycles. The molecule has 1 heterocycles. The Morgan fingerprint density at radius 1 is 0.960 bits per heavy atom. The third-order valence-corrected chi connectivity index (χ3v) is 10.7. The molecule has 1 saturated carbocycles. The fraction of sp³-hybridized carbons (Fsp3) is 0.634. The maximum absolute atomic E-state index is 15.0. The number of carboxylic acid groups (broad SMARTS) is 1. The van der Waals surface area contributed by atoms with Crippen LogP contribution < -0.4 is 66.0 Å². The molecule has 0 spiro atoms. The smallest absolute Gasteiger partial charge is 0.549 e. The number of esters is 1. The number of ether oxygens (including phenoxy) is 3. The first-order chi connectivity index (χ1) is 23.6. The topological polar surface area (TPSA) is 102 Å². The van der Waals surface area contributed by atoms with Crippen LogP contribution in [0.2, 0.25) is 0 Å². The van der Waals surface area contributed by atoms with Crippen LogP contribution in [0.5, 0.6) is 11.5 Å². The minimum absolute atomic E-state index is 0. The molecular formula is C41H56ClKO7. The van der Waals surface area contributed by atoms with Gasteiger partial charge in [0.2, 0.25) is 11.9 Å². The number of hydrogen-bond acceptors (Lipinski definition) is 7. The molecule has 0 radical (unpaired) electrons. The molecule has 0 aromatic heterocycles. The summed E-state index contributed by atoms with van der Waals surface area (Å²) in [5.41, 5.74) is 3.57. The van der Waals surface area contributed by atoms with Crippen molar-refractivity contribution in [2.24, 2.45) is 11.8 Å². The van der Waals surface area contributed by atoms with Crippen molar-refractivity contribution in [2.45, 2.75) is 148 Å². The van der Waals surface area contributed by atoms with Gasteiger partial charge in [0.1, 0.15) is 11.5 Å². The first-order valence-corrected chi connectivity index (χ1v) is 19.2. The molecule has 2 aromatic rings. The van der Waals surface area contributed by atoms with E-state index in [0.29, 0.717) is 23.5 Å². The number of alkyl halides is 1. The van der Waals surface area contributed by atoms with E-state index in [9.17, 15) is 19.5 Å². The van der Waals surface area contributed by atoms with Crippen molar-refractivity contribution in [3.8, 4) is 11.5 Å². The van der Waals surface area contributed by atoms with E-state index in [0.717, 1.165) is 100 Å². The maximum Gasteiger partial charge on any atom is 1.00 e. The molecule has 50 heavy (non-hydrogen) atoms. The van der Waals surface area contributed by atoms with Crippen molar-refractivity contribution < 1.29 is 85.1 Å². The number of unbranched alkanes of at least 4 members (excludes halogenated alkanes) is 2. The van der Waals surface area contributed by atoms with Crippen LogP contribution in [-0.4, -0.2) is 41.4 Å². The minimum Gasteiger partial charge on any atom is -0.549 e. The Kier molecular flexibility index (Phi) is 17.8. The largest absolute Gasteiger partial charge is 1.00 e. The summed E-state index contributed by atoms with van der Waals surface area (Å²) in [5.74, 6) is -0.882. The zero-order chi connectivity index (χ0) is 35.6. The molecule has 7 nitrogen and oxygen atoms in total. The van der Waals surface area contributed by atoms with Crippen LogP contribution in [0.4, 0.5) is 0 Å². The Labute approximate surface area is 347 Å². The average Bonchev–Trinajstić information content (AvgIpc) is 3.09. The van der Waals surface area contributed by atoms with Gasteiger partial charge in [0, 0.05) is 6.42 Å². The normalized spacial score (nSPS) is 19.7. The van der Waals surface area contributed by atoms with E-state index >= 15 is 0 Å². The SMILES string of the molecule is CCCCc1cc(CCCC)c2c(c1CCC)OC(CCOc1ccc(CC(Cl)C(=O)[O-])cc1)(C(C)C)C(OC(=O)C1CCCCC1)C2=O.[K+]. The zero-order valence-corrected chi connectivity index (χ0v) is 35.1. The van der Waals surface area contributed by atoms with E-state index in [4.69, 9.17) is 25.8 Å². The van der Waals surface area contributed by atoms with Crippen molar-refractivity contribution in [2.75, 3.05) is 6.61 Å². The molecular weight excluding hydrogens is 679 g/mol. The van der Waals surface area contributed by atoms with Gasteiger partial charge in [0.25, 0.3) is 0 Å². The third kappa shape index (κ3) is 10.6. The molecule has 4 rings (SSSR count). The number of rotatable bonds is 18. The van der Waals surface area contributed by atoms with Gasteiger partial charge in [-0.15, -0.1) is 11.6 Å². The van der Waals surface area contributed by atoms with E-state index in [1.165, 1.54) is 5.56 Å². The van der Waals surface area contributed by atoms with Crippen molar-refractivity contribution in [1.29, 1.82) is 0 Å². The second kappa shape index (κ2) is 20.7. The number of Topliss-reactive ketones (excluding diaryl/α,β-unsaturated/α-hetero) is 1. The fourth-order valence-corrected chi connectivity index (χ4v) is 7.58. The van der Waals surface area contributed by atoms with Crippen LogP contribution in [-0.2, 0) is 40.0 Å². The van der Waals surface area contributed by atoms with Crippen molar-refractivity contribution in [3.63, 3.8) is 0 Å². The van der Waals surface area contributed by atoms with Crippen molar-refractivity contribution in [3.05, 3.63) is 58.1 Å². The standard InChI is InChI=1S/C41H57ClO7.K/c1-6-9-15-30-26-31(16-10-7-2)35-36(43)38(48-40(46)29-17-12-11-13-18-29)41(27(4)5,49-37(35)33(30)14-8-3)23-24-47-32-21-19-28(20-22-32)25-34(42)39(44)45;/h19-22,26-27,29,34,38H,6-18,23-25H2,1-5H3,(H,44,45);/q;+1/p-1. The van der Waals surface area contributed by atoms with Gasteiger partial charge in [0.05, 0.1) is 29.4 Å². The fourth-order valence-electron chi connectivity index (χ4n) is 7.41. The molecule has 0 N–H and O–H groups in total. The number of benzene rings is 2. The van der Waals surface area contributed by atoms with Crippen LogP contribution in [0.3, 0.4) is 0 Å². The van der Waals surface area contributed by atoms with Gasteiger partial charge in [-0.2, -0.15) is 0 Å². The number of carbonyl (C=O) groups is 3. The first-order valence-electron chi connectivity index (χ1n) is 18.7. The molecule has 0 amide bonds. The number of carboxylic acids is 1. The molecule has 1 aliphatic carbocycles.